The van der Waals surface area contributed by atoms with Crippen molar-refractivity contribution in [3.8, 4) is 5.75 Å². The van der Waals surface area contributed by atoms with Crippen LogP contribution in [-0.4, -0.2) is 24.1 Å². The number of carbonyl (C=O) groups excluding carboxylic acids is 1. The van der Waals surface area contributed by atoms with Crippen LogP contribution < -0.4 is 10.1 Å². The molecule has 1 aromatic rings. The summed E-state index contributed by atoms with van der Waals surface area (Å²) in [6, 6.07) is 3.86. The number of carbonyl (C=O) groups is 2. The van der Waals surface area contributed by atoms with Crippen molar-refractivity contribution in [2.75, 3.05) is 12.4 Å². The van der Waals surface area contributed by atoms with E-state index in [-0.39, 0.29) is 17.6 Å². The third-order valence-electron chi connectivity index (χ3n) is 3.82. The molecule has 0 radical (unpaired) electrons. The van der Waals surface area contributed by atoms with Crippen molar-refractivity contribution in [3.63, 3.8) is 0 Å². The normalized spacial score (nSPS) is 21.6. The van der Waals surface area contributed by atoms with Crippen LogP contribution >= 0.6 is 0 Å². The van der Waals surface area contributed by atoms with Gasteiger partial charge in [0.2, 0.25) is 5.91 Å². The van der Waals surface area contributed by atoms with E-state index in [4.69, 9.17) is 9.84 Å². The standard InChI is InChI=1S/C15H18FNO4/c1-21-13-8-11(16)5-6-12(13)17-14(18)9-3-2-4-10(7-9)15(19)20/h5-6,8-10H,2-4,7H2,1H3,(H,17,18)(H,19,20). The predicted octanol–water partition coefficient (Wildman–Crippen LogP) is 2.66. The van der Waals surface area contributed by atoms with E-state index in [1.165, 1.54) is 25.3 Å². The fraction of sp³-hybridized carbons (Fsp3) is 0.467. The van der Waals surface area contributed by atoms with Gasteiger partial charge in [-0.15, -0.1) is 0 Å². The number of carboxylic acid groups (broad SMARTS) is 1. The maximum absolute atomic E-state index is 13.1. The second kappa shape index (κ2) is 6.56. The molecule has 6 heteroatoms. The molecule has 0 heterocycles. The molecule has 1 aromatic carbocycles. The number of ether oxygens (including phenoxy) is 1. The summed E-state index contributed by atoms with van der Waals surface area (Å²) in [7, 11) is 1.39. The van der Waals surface area contributed by atoms with Gasteiger partial charge >= 0.3 is 5.97 Å². The Balaban J connectivity index is 2.06. The summed E-state index contributed by atoms with van der Waals surface area (Å²) >= 11 is 0. The van der Waals surface area contributed by atoms with Gasteiger partial charge in [-0.2, -0.15) is 0 Å². The van der Waals surface area contributed by atoms with E-state index in [0.717, 1.165) is 6.42 Å². The molecule has 2 rings (SSSR count). The Hall–Kier alpha value is -2.11. The van der Waals surface area contributed by atoms with Crippen molar-refractivity contribution in [1.29, 1.82) is 0 Å². The zero-order chi connectivity index (χ0) is 15.4. The molecular formula is C15H18FNO4. The first-order valence-corrected chi connectivity index (χ1v) is 6.88. The summed E-state index contributed by atoms with van der Waals surface area (Å²) in [6.07, 6.45) is 2.33. The fourth-order valence-corrected chi connectivity index (χ4v) is 2.66. The first-order chi connectivity index (χ1) is 10.0. The van der Waals surface area contributed by atoms with Gasteiger partial charge in [0.1, 0.15) is 11.6 Å². The SMILES string of the molecule is COc1cc(F)ccc1NC(=O)C1CCCC(C(=O)O)C1. The van der Waals surface area contributed by atoms with E-state index in [1.54, 1.807) is 0 Å². The second-order valence-corrected chi connectivity index (χ2v) is 5.23. The minimum atomic E-state index is -0.855. The minimum Gasteiger partial charge on any atom is -0.494 e. The van der Waals surface area contributed by atoms with E-state index in [1.807, 2.05) is 0 Å². The van der Waals surface area contributed by atoms with Gasteiger partial charge in [-0.05, 0) is 31.4 Å². The highest BCUT2D eigenvalue weighted by atomic mass is 19.1. The molecule has 1 fully saturated rings. The smallest absolute Gasteiger partial charge is 0.306 e. The average molecular weight is 295 g/mol. The summed E-state index contributed by atoms with van der Waals surface area (Å²) in [4.78, 5) is 23.3. The molecule has 0 aliphatic heterocycles. The van der Waals surface area contributed by atoms with Crippen molar-refractivity contribution in [2.45, 2.75) is 25.7 Å². The summed E-state index contributed by atoms with van der Waals surface area (Å²) in [6.45, 7) is 0. The zero-order valence-electron chi connectivity index (χ0n) is 11.8. The lowest BCUT2D eigenvalue weighted by molar-refractivity contribution is -0.143. The predicted molar refractivity (Wildman–Crippen MR) is 74.7 cm³/mol. The lowest BCUT2D eigenvalue weighted by atomic mass is 9.81. The third-order valence-corrected chi connectivity index (χ3v) is 3.82. The number of methoxy groups -OCH3 is 1. The lowest BCUT2D eigenvalue weighted by Gasteiger charge is -2.26. The van der Waals surface area contributed by atoms with Gasteiger partial charge < -0.3 is 15.2 Å². The van der Waals surface area contributed by atoms with Gasteiger partial charge in [0.25, 0.3) is 0 Å². The van der Waals surface area contributed by atoms with Crippen LogP contribution in [0.3, 0.4) is 0 Å². The van der Waals surface area contributed by atoms with Gasteiger partial charge in [0.05, 0.1) is 18.7 Å². The van der Waals surface area contributed by atoms with Crippen molar-refractivity contribution in [2.24, 2.45) is 11.8 Å². The maximum Gasteiger partial charge on any atom is 0.306 e. The summed E-state index contributed by atoms with van der Waals surface area (Å²) in [5.74, 6) is -2.11. The molecule has 1 saturated carbocycles. The summed E-state index contributed by atoms with van der Waals surface area (Å²) in [5, 5.41) is 11.7. The number of rotatable bonds is 4. The Morgan fingerprint density at radius 1 is 1.33 bits per heavy atom. The van der Waals surface area contributed by atoms with Crippen LogP contribution in [-0.2, 0) is 9.59 Å². The molecule has 1 aliphatic rings. The number of anilines is 1. The van der Waals surface area contributed by atoms with E-state index < -0.39 is 17.7 Å². The summed E-state index contributed by atoms with van der Waals surface area (Å²) < 4.78 is 18.1. The number of amides is 1. The highest BCUT2D eigenvalue weighted by Crippen LogP contribution is 2.31. The Kier molecular flexibility index (Phi) is 4.77. The third kappa shape index (κ3) is 3.71. The van der Waals surface area contributed by atoms with Gasteiger partial charge in [-0.25, -0.2) is 4.39 Å². The van der Waals surface area contributed by atoms with Crippen LogP contribution in [0.1, 0.15) is 25.7 Å². The number of benzene rings is 1. The van der Waals surface area contributed by atoms with Crippen molar-refractivity contribution in [1.82, 2.24) is 0 Å². The second-order valence-electron chi connectivity index (χ2n) is 5.23. The number of nitrogens with one attached hydrogen (secondary N) is 1. The Labute approximate surface area is 122 Å². The molecule has 0 aromatic heterocycles. The zero-order valence-corrected chi connectivity index (χ0v) is 11.8. The molecule has 1 aliphatic carbocycles. The van der Waals surface area contributed by atoms with Crippen LogP contribution in [0.15, 0.2) is 18.2 Å². The quantitative estimate of drug-likeness (QED) is 0.895. The first-order valence-electron chi connectivity index (χ1n) is 6.88. The van der Waals surface area contributed by atoms with Gasteiger partial charge in [-0.1, -0.05) is 6.42 Å². The largest absolute Gasteiger partial charge is 0.494 e. The molecule has 2 atom stereocenters. The van der Waals surface area contributed by atoms with E-state index in [0.29, 0.717) is 24.9 Å². The number of carboxylic acids is 1. The van der Waals surface area contributed by atoms with Crippen LogP contribution in [0, 0.1) is 17.7 Å². The van der Waals surface area contributed by atoms with Crippen LogP contribution in [0.2, 0.25) is 0 Å². The molecule has 21 heavy (non-hydrogen) atoms. The molecule has 114 valence electrons. The van der Waals surface area contributed by atoms with Gasteiger partial charge in [-0.3, -0.25) is 9.59 Å². The minimum absolute atomic E-state index is 0.244. The number of hydrogen-bond acceptors (Lipinski definition) is 3. The fourth-order valence-electron chi connectivity index (χ4n) is 2.66. The van der Waals surface area contributed by atoms with Crippen LogP contribution in [0.4, 0.5) is 10.1 Å². The first kappa shape index (κ1) is 15.3. The van der Waals surface area contributed by atoms with Crippen LogP contribution in [0.25, 0.3) is 0 Å². The molecule has 0 saturated heterocycles. The van der Waals surface area contributed by atoms with E-state index >= 15 is 0 Å². The maximum atomic E-state index is 13.1. The molecule has 1 amide bonds. The van der Waals surface area contributed by atoms with Gasteiger partial charge in [0, 0.05) is 12.0 Å². The highest BCUT2D eigenvalue weighted by Gasteiger charge is 2.31. The lowest BCUT2D eigenvalue weighted by Crippen LogP contribution is -2.31. The van der Waals surface area contributed by atoms with Gasteiger partial charge in [0.15, 0.2) is 0 Å². The van der Waals surface area contributed by atoms with Crippen LogP contribution in [0.5, 0.6) is 5.75 Å². The van der Waals surface area contributed by atoms with Crippen molar-refractivity contribution >= 4 is 17.6 Å². The Bertz CT molecular complexity index is 546. The van der Waals surface area contributed by atoms with Crippen molar-refractivity contribution < 1.29 is 23.8 Å². The Morgan fingerprint density at radius 3 is 2.71 bits per heavy atom. The Morgan fingerprint density at radius 2 is 2.05 bits per heavy atom. The molecule has 2 N–H and O–H groups in total. The monoisotopic (exact) mass is 295 g/mol. The molecule has 5 nitrogen and oxygen atoms in total. The molecule has 0 bridgehead atoms. The molecule has 2 unspecified atom stereocenters. The number of aliphatic carboxylic acids is 1. The van der Waals surface area contributed by atoms with Crippen molar-refractivity contribution in [3.05, 3.63) is 24.0 Å². The number of hydrogen-bond donors (Lipinski definition) is 2. The molecule has 0 spiro atoms. The number of halogens is 1. The highest BCUT2D eigenvalue weighted by molar-refractivity contribution is 5.94. The van der Waals surface area contributed by atoms with E-state index in [2.05, 4.69) is 5.32 Å². The summed E-state index contributed by atoms with van der Waals surface area (Å²) in [5.41, 5.74) is 0.390. The topological polar surface area (TPSA) is 75.6 Å². The average Bonchev–Trinajstić information content (AvgIpc) is 2.49. The molecular weight excluding hydrogens is 277 g/mol. The van der Waals surface area contributed by atoms with E-state index in [9.17, 15) is 14.0 Å².